The first-order chi connectivity index (χ1) is 9.33. The minimum Gasteiger partial charge on any atom is -0.239 e. The molecule has 19 heavy (non-hydrogen) atoms. The third kappa shape index (κ3) is 1.69. The van der Waals surface area contributed by atoms with Gasteiger partial charge in [0.1, 0.15) is 16.6 Å². The molecule has 2 aromatic heterocycles. The van der Waals surface area contributed by atoms with Gasteiger partial charge in [0.25, 0.3) is 0 Å². The van der Waals surface area contributed by atoms with Gasteiger partial charge in [-0.15, -0.1) is 5.10 Å². The summed E-state index contributed by atoms with van der Waals surface area (Å²) in [6.45, 7) is 0. The van der Waals surface area contributed by atoms with E-state index >= 15 is 0 Å². The van der Waals surface area contributed by atoms with Crippen LogP contribution in [0.2, 0.25) is 5.28 Å². The molecule has 1 aliphatic rings. The predicted molar refractivity (Wildman–Crippen MR) is 73.1 cm³/mol. The Morgan fingerprint density at radius 1 is 1.21 bits per heavy atom. The number of benzene rings is 1. The smallest absolute Gasteiger partial charge is 0.222 e. The van der Waals surface area contributed by atoms with Crippen LogP contribution in [0.1, 0.15) is 31.7 Å². The van der Waals surface area contributed by atoms with Crippen LogP contribution in [0.4, 0.5) is 0 Å². The molecule has 0 aliphatic heterocycles. The summed E-state index contributed by atoms with van der Waals surface area (Å²) in [4.78, 5) is 8.39. The molecule has 96 valence electrons. The van der Waals surface area contributed by atoms with Crippen LogP contribution in [0.15, 0.2) is 18.3 Å². The number of hydrogen-bond donors (Lipinski definition) is 0. The van der Waals surface area contributed by atoms with E-state index in [2.05, 4.69) is 20.3 Å². The van der Waals surface area contributed by atoms with Gasteiger partial charge in [-0.25, -0.2) is 14.6 Å². The first-order valence-electron chi connectivity index (χ1n) is 6.49. The van der Waals surface area contributed by atoms with Crippen LogP contribution < -0.4 is 0 Å². The Labute approximate surface area is 114 Å². The van der Waals surface area contributed by atoms with Crippen molar-refractivity contribution >= 4 is 33.5 Å². The molecule has 0 spiro atoms. The largest absolute Gasteiger partial charge is 0.239 e. The van der Waals surface area contributed by atoms with E-state index in [1.807, 2.05) is 16.8 Å². The minimum absolute atomic E-state index is 0.263. The molecular formula is C13H12ClN5. The predicted octanol–water partition coefficient (Wildman–Crippen LogP) is 3.14. The highest BCUT2D eigenvalue weighted by Crippen LogP contribution is 2.33. The molecule has 4 rings (SSSR count). The van der Waals surface area contributed by atoms with E-state index in [4.69, 9.17) is 11.6 Å². The normalized spacial score (nSPS) is 16.7. The van der Waals surface area contributed by atoms with E-state index in [0.717, 1.165) is 34.8 Å². The summed E-state index contributed by atoms with van der Waals surface area (Å²) < 4.78 is 2.02. The standard InChI is InChI=1S/C13H12ClN5/c14-13-15-7-8-5-6-10-12(11(8)16-13)19(18-17-10)9-3-1-2-4-9/h5-7,9H,1-4H2. The molecule has 0 atom stereocenters. The maximum absolute atomic E-state index is 5.93. The molecule has 0 unspecified atom stereocenters. The van der Waals surface area contributed by atoms with Crippen LogP contribution in [-0.4, -0.2) is 25.0 Å². The summed E-state index contributed by atoms with van der Waals surface area (Å²) in [5.41, 5.74) is 2.69. The number of fused-ring (bicyclic) bond motifs is 3. The highest BCUT2D eigenvalue weighted by Gasteiger charge is 2.21. The first kappa shape index (κ1) is 11.1. The number of nitrogens with zero attached hydrogens (tertiary/aromatic N) is 5. The Bertz CT molecular complexity index is 760. The fourth-order valence-electron chi connectivity index (χ4n) is 2.90. The molecule has 6 heteroatoms. The molecule has 3 aromatic rings. The van der Waals surface area contributed by atoms with Crippen molar-refractivity contribution < 1.29 is 0 Å². The number of halogens is 1. The van der Waals surface area contributed by atoms with E-state index in [1.165, 1.54) is 12.8 Å². The van der Waals surface area contributed by atoms with Crippen molar-refractivity contribution in [1.29, 1.82) is 0 Å². The molecule has 0 N–H and O–H groups in total. The van der Waals surface area contributed by atoms with Crippen LogP contribution in [-0.2, 0) is 0 Å². The average molecular weight is 274 g/mol. The highest BCUT2D eigenvalue weighted by atomic mass is 35.5. The van der Waals surface area contributed by atoms with E-state index in [1.54, 1.807) is 6.20 Å². The summed E-state index contributed by atoms with van der Waals surface area (Å²) in [5, 5.41) is 9.81. The summed E-state index contributed by atoms with van der Waals surface area (Å²) in [6, 6.07) is 4.36. The van der Waals surface area contributed by atoms with Gasteiger partial charge < -0.3 is 0 Å². The lowest BCUT2D eigenvalue weighted by Gasteiger charge is -2.10. The second kappa shape index (κ2) is 4.13. The van der Waals surface area contributed by atoms with E-state index in [0.29, 0.717) is 6.04 Å². The fraction of sp³-hybridized carbons (Fsp3) is 0.385. The van der Waals surface area contributed by atoms with Gasteiger partial charge in [-0.05, 0) is 36.6 Å². The monoisotopic (exact) mass is 273 g/mol. The Kier molecular flexibility index (Phi) is 2.41. The maximum atomic E-state index is 5.93. The number of hydrogen-bond acceptors (Lipinski definition) is 4. The molecule has 0 bridgehead atoms. The summed E-state index contributed by atoms with van der Waals surface area (Å²) in [7, 11) is 0. The van der Waals surface area contributed by atoms with Crippen LogP contribution in [0.25, 0.3) is 21.9 Å². The van der Waals surface area contributed by atoms with Gasteiger partial charge >= 0.3 is 0 Å². The second-order valence-electron chi connectivity index (χ2n) is 4.98. The highest BCUT2D eigenvalue weighted by molar-refractivity contribution is 6.28. The van der Waals surface area contributed by atoms with Gasteiger partial charge in [-0.3, -0.25) is 0 Å². The van der Waals surface area contributed by atoms with Crippen LogP contribution in [0.3, 0.4) is 0 Å². The Hall–Kier alpha value is -1.75. The zero-order chi connectivity index (χ0) is 12.8. The summed E-state index contributed by atoms with van der Waals surface area (Å²) >= 11 is 5.93. The summed E-state index contributed by atoms with van der Waals surface area (Å²) in [5.74, 6) is 0. The third-order valence-electron chi connectivity index (χ3n) is 3.82. The average Bonchev–Trinajstić information content (AvgIpc) is 3.07. The van der Waals surface area contributed by atoms with Gasteiger partial charge in [-0.2, -0.15) is 0 Å². The van der Waals surface area contributed by atoms with Crippen molar-refractivity contribution in [3.63, 3.8) is 0 Å². The SMILES string of the molecule is Clc1ncc2ccc3nnn(C4CCCC4)c3c2n1. The van der Waals surface area contributed by atoms with Gasteiger partial charge in [0, 0.05) is 11.6 Å². The molecule has 0 saturated heterocycles. The third-order valence-corrected chi connectivity index (χ3v) is 4.01. The Morgan fingerprint density at radius 2 is 2.05 bits per heavy atom. The van der Waals surface area contributed by atoms with Crippen molar-refractivity contribution in [2.45, 2.75) is 31.7 Å². The van der Waals surface area contributed by atoms with Gasteiger partial charge in [-0.1, -0.05) is 18.1 Å². The Balaban J connectivity index is 2.06. The molecule has 1 aromatic carbocycles. The van der Waals surface area contributed by atoms with Crippen LogP contribution >= 0.6 is 11.6 Å². The van der Waals surface area contributed by atoms with E-state index < -0.39 is 0 Å². The lowest BCUT2D eigenvalue weighted by Crippen LogP contribution is -2.07. The number of aromatic nitrogens is 5. The molecule has 5 nitrogen and oxygen atoms in total. The second-order valence-corrected chi connectivity index (χ2v) is 5.32. The van der Waals surface area contributed by atoms with Crippen LogP contribution in [0, 0.1) is 0 Å². The topological polar surface area (TPSA) is 56.5 Å². The zero-order valence-electron chi connectivity index (χ0n) is 10.3. The van der Waals surface area contributed by atoms with Gasteiger partial charge in [0.2, 0.25) is 5.28 Å². The molecule has 1 aliphatic carbocycles. The number of rotatable bonds is 1. The van der Waals surface area contributed by atoms with E-state index in [-0.39, 0.29) is 5.28 Å². The lowest BCUT2D eigenvalue weighted by molar-refractivity contribution is 0.468. The minimum atomic E-state index is 0.263. The van der Waals surface area contributed by atoms with Gasteiger partial charge in [0.05, 0.1) is 6.04 Å². The van der Waals surface area contributed by atoms with Gasteiger partial charge in [0.15, 0.2) is 0 Å². The van der Waals surface area contributed by atoms with Crippen LogP contribution in [0.5, 0.6) is 0 Å². The quantitative estimate of drug-likeness (QED) is 0.639. The first-order valence-corrected chi connectivity index (χ1v) is 6.87. The maximum Gasteiger partial charge on any atom is 0.222 e. The van der Waals surface area contributed by atoms with Crippen molar-refractivity contribution in [2.75, 3.05) is 0 Å². The van der Waals surface area contributed by atoms with E-state index in [9.17, 15) is 0 Å². The van der Waals surface area contributed by atoms with Crippen molar-refractivity contribution in [3.05, 3.63) is 23.6 Å². The Morgan fingerprint density at radius 3 is 2.89 bits per heavy atom. The lowest BCUT2D eigenvalue weighted by atomic mass is 10.2. The molecule has 0 amide bonds. The van der Waals surface area contributed by atoms with Crippen molar-refractivity contribution in [3.8, 4) is 0 Å². The fourth-order valence-corrected chi connectivity index (χ4v) is 3.04. The molecule has 2 heterocycles. The van der Waals surface area contributed by atoms with Crippen molar-refractivity contribution in [2.24, 2.45) is 0 Å². The van der Waals surface area contributed by atoms with Crippen molar-refractivity contribution in [1.82, 2.24) is 25.0 Å². The zero-order valence-corrected chi connectivity index (χ0v) is 11.0. The summed E-state index contributed by atoms with van der Waals surface area (Å²) in [6.07, 6.45) is 6.58. The molecule has 1 fully saturated rings. The molecule has 1 saturated carbocycles. The molecule has 0 radical (unpaired) electrons. The molecular weight excluding hydrogens is 262 g/mol.